The molecule has 0 aliphatic rings. The number of hydrogen-bond donors (Lipinski definition) is 1. The molecule has 5 heteroatoms. The molecule has 0 spiro atoms. The molecule has 13 heavy (non-hydrogen) atoms. The highest BCUT2D eigenvalue weighted by atomic mass is 15.2. The van der Waals surface area contributed by atoms with Crippen LogP contribution in [0.4, 0.5) is 11.6 Å². The molecule has 0 saturated carbocycles. The molecule has 0 bridgehead atoms. The lowest BCUT2D eigenvalue weighted by atomic mass is 10.5. The summed E-state index contributed by atoms with van der Waals surface area (Å²) in [6.45, 7) is 0. The first-order valence-corrected chi connectivity index (χ1v) is 3.78. The van der Waals surface area contributed by atoms with Gasteiger partial charge in [-0.1, -0.05) is 6.07 Å². The lowest BCUT2D eigenvalue weighted by Crippen LogP contribution is -1.69. The molecule has 2 aromatic heterocycles. The third-order valence-corrected chi connectivity index (χ3v) is 1.39. The molecule has 0 unspecified atom stereocenters. The van der Waals surface area contributed by atoms with Crippen LogP contribution >= 0.6 is 0 Å². The SMILES string of the molecule is c1ccc(N=Nc2cc[nH]n2)nc1. The zero-order valence-electron chi connectivity index (χ0n) is 6.75. The van der Waals surface area contributed by atoms with Crippen LogP contribution in [-0.2, 0) is 0 Å². The van der Waals surface area contributed by atoms with Gasteiger partial charge in [0.1, 0.15) is 0 Å². The summed E-state index contributed by atoms with van der Waals surface area (Å²) in [6, 6.07) is 7.18. The molecule has 0 fully saturated rings. The minimum atomic E-state index is 0.547. The van der Waals surface area contributed by atoms with E-state index < -0.39 is 0 Å². The van der Waals surface area contributed by atoms with E-state index in [0.717, 1.165) is 0 Å². The topological polar surface area (TPSA) is 66.3 Å². The summed E-state index contributed by atoms with van der Waals surface area (Å²) in [5.41, 5.74) is 0. The molecule has 5 nitrogen and oxygen atoms in total. The van der Waals surface area contributed by atoms with Gasteiger partial charge in [0.2, 0.25) is 0 Å². The van der Waals surface area contributed by atoms with Crippen molar-refractivity contribution in [2.45, 2.75) is 0 Å². The Morgan fingerprint density at radius 1 is 1.08 bits per heavy atom. The number of nitrogens with one attached hydrogen (secondary N) is 1. The van der Waals surface area contributed by atoms with E-state index in [0.29, 0.717) is 11.6 Å². The normalized spacial score (nSPS) is 10.8. The van der Waals surface area contributed by atoms with Gasteiger partial charge < -0.3 is 0 Å². The number of nitrogens with zero attached hydrogens (tertiary/aromatic N) is 4. The second-order valence-corrected chi connectivity index (χ2v) is 2.32. The van der Waals surface area contributed by atoms with Gasteiger partial charge in [-0.2, -0.15) is 5.10 Å². The van der Waals surface area contributed by atoms with Gasteiger partial charge in [-0.3, -0.25) is 5.10 Å². The monoisotopic (exact) mass is 173 g/mol. The van der Waals surface area contributed by atoms with Gasteiger partial charge in [0.25, 0.3) is 0 Å². The van der Waals surface area contributed by atoms with E-state index in [4.69, 9.17) is 0 Å². The molecule has 2 heterocycles. The molecule has 0 saturated heterocycles. The number of H-pyrrole nitrogens is 1. The highest BCUT2D eigenvalue weighted by Gasteiger charge is 1.90. The number of aromatic nitrogens is 3. The summed E-state index contributed by atoms with van der Waals surface area (Å²) in [7, 11) is 0. The van der Waals surface area contributed by atoms with Crippen molar-refractivity contribution in [3.8, 4) is 0 Å². The van der Waals surface area contributed by atoms with Crippen molar-refractivity contribution < 1.29 is 0 Å². The Hall–Kier alpha value is -2.04. The van der Waals surface area contributed by atoms with Crippen molar-refractivity contribution in [3.63, 3.8) is 0 Å². The van der Waals surface area contributed by atoms with Crippen LogP contribution in [-0.4, -0.2) is 15.2 Å². The lowest BCUT2D eigenvalue weighted by molar-refractivity contribution is 1.05. The predicted molar refractivity (Wildman–Crippen MR) is 47.0 cm³/mol. The molecule has 1 N–H and O–H groups in total. The van der Waals surface area contributed by atoms with E-state index >= 15 is 0 Å². The Bertz CT molecular complexity index is 378. The van der Waals surface area contributed by atoms with Crippen LogP contribution in [0.25, 0.3) is 0 Å². The highest BCUT2D eigenvalue weighted by molar-refractivity contribution is 5.27. The molecule has 0 radical (unpaired) electrons. The maximum absolute atomic E-state index is 3.98. The number of azo groups is 1. The summed E-state index contributed by atoms with van der Waals surface area (Å²) < 4.78 is 0. The summed E-state index contributed by atoms with van der Waals surface area (Å²) in [6.07, 6.45) is 3.35. The first kappa shape index (κ1) is 7.60. The number of rotatable bonds is 2. The van der Waals surface area contributed by atoms with Gasteiger partial charge in [-0.15, -0.1) is 10.2 Å². The van der Waals surface area contributed by atoms with Gasteiger partial charge in [0.05, 0.1) is 0 Å². The van der Waals surface area contributed by atoms with Crippen LogP contribution in [0.15, 0.2) is 46.9 Å². The molecule has 2 rings (SSSR count). The van der Waals surface area contributed by atoms with E-state index in [9.17, 15) is 0 Å². The van der Waals surface area contributed by atoms with Crippen LogP contribution in [0.2, 0.25) is 0 Å². The minimum absolute atomic E-state index is 0.547. The molecule has 0 atom stereocenters. The fraction of sp³-hybridized carbons (Fsp3) is 0. The second kappa shape index (κ2) is 3.57. The number of aromatic amines is 1. The van der Waals surface area contributed by atoms with Gasteiger partial charge >= 0.3 is 0 Å². The minimum Gasteiger partial charge on any atom is -0.283 e. The van der Waals surface area contributed by atoms with Crippen molar-refractivity contribution >= 4 is 11.6 Å². The average molecular weight is 173 g/mol. The van der Waals surface area contributed by atoms with E-state index in [-0.39, 0.29) is 0 Å². The number of hydrogen-bond acceptors (Lipinski definition) is 4. The molecule has 0 aromatic carbocycles. The van der Waals surface area contributed by atoms with Crippen molar-refractivity contribution in [2.75, 3.05) is 0 Å². The first-order valence-electron chi connectivity index (χ1n) is 3.78. The molecule has 2 aromatic rings. The van der Waals surface area contributed by atoms with Crippen LogP contribution in [0.3, 0.4) is 0 Å². The van der Waals surface area contributed by atoms with E-state index in [1.54, 1.807) is 24.5 Å². The van der Waals surface area contributed by atoms with Crippen molar-refractivity contribution in [1.82, 2.24) is 15.2 Å². The zero-order valence-corrected chi connectivity index (χ0v) is 6.75. The lowest BCUT2D eigenvalue weighted by Gasteiger charge is -1.86. The van der Waals surface area contributed by atoms with Crippen molar-refractivity contribution in [3.05, 3.63) is 36.7 Å². The Kier molecular flexibility index (Phi) is 2.09. The van der Waals surface area contributed by atoms with Crippen LogP contribution in [0, 0.1) is 0 Å². The molecular weight excluding hydrogens is 166 g/mol. The Balaban J connectivity index is 2.15. The predicted octanol–water partition coefficient (Wildman–Crippen LogP) is 2.22. The van der Waals surface area contributed by atoms with E-state index in [1.807, 2.05) is 12.1 Å². The average Bonchev–Trinajstić information content (AvgIpc) is 2.69. The number of pyridine rings is 1. The summed E-state index contributed by atoms with van der Waals surface area (Å²) in [4.78, 5) is 3.98. The van der Waals surface area contributed by atoms with Crippen LogP contribution < -0.4 is 0 Å². The quantitative estimate of drug-likeness (QED) is 0.707. The van der Waals surface area contributed by atoms with Crippen molar-refractivity contribution in [2.24, 2.45) is 10.2 Å². The van der Waals surface area contributed by atoms with E-state index in [1.165, 1.54) is 0 Å². The fourth-order valence-electron chi connectivity index (χ4n) is 0.824. The largest absolute Gasteiger partial charge is 0.283 e. The third-order valence-electron chi connectivity index (χ3n) is 1.39. The Morgan fingerprint density at radius 2 is 2.00 bits per heavy atom. The van der Waals surface area contributed by atoms with Crippen molar-refractivity contribution in [1.29, 1.82) is 0 Å². The second-order valence-electron chi connectivity index (χ2n) is 2.32. The molecule has 64 valence electrons. The molecule has 0 aliphatic heterocycles. The smallest absolute Gasteiger partial charge is 0.195 e. The van der Waals surface area contributed by atoms with Crippen LogP contribution in [0.1, 0.15) is 0 Å². The van der Waals surface area contributed by atoms with Gasteiger partial charge in [-0.25, -0.2) is 4.98 Å². The van der Waals surface area contributed by atoms with E-state index in [2.05, 4.69) is 25.4 Å². The van der Waals surface area contributed by atoms with Crippen LogP contribution in [0.5, 0.6) is 0 Å². The zero-order chi connectivity index (χ0) is 8.93. The maximum Gasteiger partial charge on any atom is 0.195 e. The van der Waals surface area contributed by atoms with Gasteiger partial charge in [0, 0.05) is 18.5 Å². The Morgan fingerprint density at radius 3 is 2.69 bits per heavy atom. The van der Waals surface area contributed by atoms with Gasteiger partial charge in [-0.05, 0) is 12.1 Å². The first-order chi connectivity index (χ1) is 6.45. The summed E-state index contributed by atoms with van der Waals surface area (Å²) in [5, 5.41) is 14.2. The molecule has 0 amide bonds. The Labute approximate surface area is 74.6 Å². The maximum atomic E-state index is 3.98. The fourth-order valence-corrected chi connectivity index (χ4v) is 0.824. The van der Waals surface area contributed by atoms with Gasteiger partial charge in [0.15, 0.2) is 11.6 Å². The standard InChI is InChI=1S/C8H7N5/c1-2-5-9-7(3-1)12-13-8-4-6-10-11-8/h1-6H,(H,10,11). The highest BCUT2D eigenvalue weighted by Crippen LogP contribution is 2.11. The third kappa shape index (κ3) is 1.96. The summed E-state index contributed by atoms with van der Waals surface area (Å²) in [5.74, 6) is 1.12. The molecule has 0 aliphatic carbocycles. The summed E-state index contributed by atoms with van der Waals surface area (Å²) >= 11 is 0. The molecular formula is C8H7N5.